The monoisotopic (exact) mass is 311 g/mol. The largest absolute Gasteiger partial charge is 0.392 e. The van der Waals surface area contributed by atoms with Gasteiger partial charge in [-0.05, 0) is 59.5 Å². The molecule has 1 heterocycles. The third kappa shape index (κ3) is 3.27. The minimum absolute atomic E-state index is 0.171. The Hall–Kier alpha value is -1.21. The van der Waals surface area contributed by atoms with Gasteiger partial charge in [0, 0.05) is 6.04 Å². The molecular weight excluding hydrogens is 294 g/mol. The fourth-order valence-corrected chi connectivity index (χ4v) is 3.91. The van der Waals surface area contributed by atoms with E-state index in [2.05, 4.69) is 4.72 Å². The van der Waals surface area contributed by atoms with E-state index in [1.165, 1.54) is 17.4 Å². The summed E-state index contributed by atoms with van der Waals surface area (Å²) in [4.78, 5) is 0.175. The highest BCUT2D eigenvalue weighted by Gasteiger charge is 2.19. The molecule has 4 nitrogen and oxygen atoms in total. The Morgan fingerprint density at radius 2 is 2.10 bits per heavy atom. The first-order chi connectivity index (χ1) is 9.44. The van der Waals surface area contributed by atoms with Crippen LogP contribution >= 0.6 is 11.3 Å². The van der Waals surface area contributed by atoms with Crippen LogP contribution in [0.25, 0.3) is 0 Å². The minimum Gasteiger partial charge on any atom is -0.392 e. The molecule has 0 aliphatic rings. The van der Waals surface area contributed by atoms with Crippen molar-refractivity contribution in [3.63, 3.8) is 0 Å². The van der Waals surface area contributed by atoms with Gasteiger partial charge in [-0.3, -0.25) is 0 Å². The number of hydrogen-bond acceptors (Lipinski definition) is 4. The van der Waals surface area contributed by atoms with Crippen molar-refractivity contribution in [2.75, 3.05) is 0 Å². The highest BCUT2D eigenvalue weighted by atomic mass is 32.2. The molecule has 0 bridgehead atoms. The maximum absolute atomic E-state index is 12.3. The molecule has 2 aromatic rings. The lowest BCUT2D eigenvalue weighted by Crippen LogP contribution is -2.26. The van der Waals surface area contributed by atoms with Gasteiger partial charge < -0.3 is 5.11 Å². The molecule has 1 unspecified atom stereocenters. The number of nitrogens with one attached hydrogen (secondary N) is 1. The number of benzene rings is 1. The van der Waals surface area contributed by atoms with E-state index in [4.69, 9.17) is 0 Å². The molecule has 0 fully saturated rings. The van der Waals surface area contributed by atoms with Gasteiger partial charge in [-0.2, -0.15) is 11.3 Å². The Morgan fingerprint density at radius 3 is 2.70 bits per heavy atom. The molecule has 2 N–H and O–H groups in total. The van der Waals surface area contributed by atoms with Crippen molar-refractivity contribution in [2.45, 2.75) is 31.4 Å². The highest BCUT2D eigenvalue weighted by Crippen LogP contribution is 2.20. The predicted octanol–water partition coefficient (Wildman–Crippen LogP) is 2.59. The van der Waals surface area contributed by atoms with Gasteiger partial charge in [0.1, 0.15) is 0 Å². The molecule has 2 rings (SSSR count). The summed E-state index contributed by atoms with van der Waals surface area (Å²) in [6.45, 7) is 3.47. The number of hydrogen-bond donors (Lipinski definition) is 2. The first-order valence-electron chi connectivity index (χ1n) is 6.19. The minimum atomic E-state index is -3.59. The van der Waals surface area contributed by atoms with Crippen molar-refractivity contribution >= 4 is 21.4 Å². The summed E-state index contributed by atoms with van der Waals surface area (Å²) in [6, 6.07) is 6.38. The van der Waals surface area contributed by atoms with Crippen LogP contribution in [0, 0.1) is 6.92 Å². The molecule has 0 spiro atoms. The number of aryl methyl sites for hydroxylation is 1. The second-order valence-electron chi connectivity index (χ2n) is 4.65. The molecule has 0 aliphatic heterocycles. The van der Waals surface area contributed by atoms with Crippen LogP contribution in [-0.2, 0) is 16.6 Å². The summed E-state index contributed by atoms with van der Waals surface area (Å²) in [5, 5.41) is 13.1. The predicted molar refractivity (Wildman–Crippen MR) is 80.2 cm³/mol. The van der Waals surface area contributed by atoms with E-state index in [0.717, 1.165) is 11.1 Å². The van der Waals surface area contributed by atoms with E-state index >= 15 is 0 Å². The van der Waals surface area contributed by atoms with Crippen molar-refractivity contribution in [3.8, 4) is 0 Å². The van der Waals surface area contributed by atoms with Gasteiger partial charge in [0.25, 0.3) is 0 Å². The first-order valence-corrected chi connectivity index (χ1v) is 8.61. The van der Waals surface area contributed by atoms with Crippen molar-refractivity contribution in [1.82, 2.24) is 4.72 Å². The molecule has 0 radical (unpaired) electrons. The van der Waals surface area contributed by atoms with E-state index in [1.54, 1.807) is 19.1 Å². The molecule has 1 aromatic heterocycles. The molecule has 0 saturated heterocycles. The zero-order valence-corrected chi connectivity index (χ0v) is 13.0. The van der Waals surface area contributed by atoms with Crippen molar-refractivity contribution in [1.29, 1.82) is 0 Å². The number of aliphatic hydroxyl groups excluding tert-OH is 1. The molecule has 0 amide bonds. The van der Waals surface area contributed by atoms with Gasteiger partial charge >= 0.3 is 0 Å². The number of sulfonamides is 1. The summed E-state index contributed by atoms with van der Waals surface area (Å²) in [5.74, 6) is 0. The molecule has 0 aliphatic carbocycles. The fraction of sp³-hybridized carbons (Fsp3) is 0.286. The number of aliphatic hydroxyl groups is 1. The summed E-state index contributed by atoms with van der Waals surface area (Å²) in [7, 11) is -3.59. The second-order valence-corrected chi connectivity index (χ2v) is 7.14. The van der Waals surface area contributed by atoms with Crippen LogP contribution in [-0.4, -0.2) is 13.5 Å². The molecule has 20 heavy (non-hydrogen) atoms. The van der Waals surface area contributed by atoms with E-state index in [9.17, 15) is 13.5 Å². The maximum Gasteiger partial charge on any atom is 0.241 e. The van der Waals surface area contributed by atoms with Gasteiger partial charge in [-0.25, -0.2) is 13.1 Å². The van der Waals surface area contributed by atoms with E-state index in [0.29, 0.717) is 5.56 Å². The van der Waals surface area contributed by atoms with Crippen LogP contribution in [0.3, 0.4) is 0 Å². The van der Waals surface area contributed by atoms with Gasteiger partial charge in [-0.15, -0.1) is 0 Å². The quantitative estimate of drug-likeness (QED) is 0.892. The lowest BCUT2D eigenvalue weighted by Gasteiger charge is -2.14. The standard InChI is InChI=1S/C14H17NO3S2/c1-10-3-4-14(7-13(10)8-16)20(17,18)15-11(2)12-5-6-19-9-12/h3-7,9,11,15-16H,8H2,1-2H3. The molecule has 6 heteroatoms. The normalized spacial score (nSPS) is 13.3. The van der Waals surface area contributed by atoms with Crippen molar-refractivity contribution in [3.05, 3.63) is 51.7 Å². The fourth-order valence-electron chi connectivity index (χ4n) is 1.88. The molecule has 108 valence electrons. The summed E-state index contributed by atoms with van der Waals surface area (Å²) in [5.41, 5.74) is 2.43. The zero-order chi connectivity index (χ0) is 14.8. The summed E-state index contributed by atoms with van der Waals surface area (Å²) >= 11 is 1.53. The van der Waals surface area contributed by atoms with Crippen LogP contribution < -0.4 is 4.72 Å². The van der Waals surface area contributed by atoms with E-state index in [-0.39, 0.29) is 17.5 Å². The van der Waals surface area contributed by atoms with Crippen LogP contribution in [0.5, 0.6) is 0 Å². The third-order valence-electron chi connectivity index (χ3n) is 3.18. The molecular formula is C14H17NO3S2. The summed E-state index contributed by atoms with van der Waals surface area (Å²) < 4.78 is 27.3. The van der Waals surface area contributed by atoms with Crippen LogP contribution in [0.2, 0.25) is 0 Å². The molecule has 1 aromatic carbocycles. The van der Waals surface area contributed by atoms with Crippen molar-refractivity contribution < 1.29 is 13.5 Å². The number of rotatable bonds is 5. The van der Waals surface area contributed by atoms with Gasteiger partial charge in [0.2, 0.25) is 10.0 Å². The Kier molecular flexibility index (Phi) is 4.59. The zero-order valence-electron chi connectivity index (χ0n) is 11.3. The highest BCUT2D eigenvalue weighted by molar-refractivity contribution is 7.89. The second kappa shape index (κ2) is 6.05. The number of thiophene rings is 1. The van der Waals surface area contributed by atoms with Gasteiger partial charge in [-0.1, -0.05) is 6.07 Å². The SMILES string of the molecule is Cc1ccc(S(=O)(=O)NC(C)c2ccsc2)cc1CO. The smallest absolute Gasteiger partial charge is 0.241 e. The topological polar surface area (TPSA) is 66.4 Å². The third-order valence-corrected chi connectivity index (χ3v) is 5.42. The van der Waals surface area contributed by atoms with Crippen LogP contribution in [0.1, 0.15) is 29.7 Å². The summed E-state index contributed by atoms with van der Waals surface area (Å²) in [6.07, 6.45) is 0. The Balaban J connectivity index is 2.26. The molecule has 0 saturated carbocycles. The Morgan fingerprint density at radius 1 is 1.35 bits per heavy atom. The lowest BCUT2D eigenvalue weighted by molar-refractivity contribution is 0.280. The Labute approximate surface area is 123 Å². The van der Waals surface area contributed by atoms with E-state index < -0.39 is 10.0 Å². The van der Waals surface area contributed by atoms with Crippen LogP contribution in [0.4, 0.5) is 0 Å². The Bertz CT molecular complexity index is 678. The van der Waals surface area contributed by atoms with Gasteiger partial charge in [0.15, 0.2) is 0 Å². The molecule has 1 atom stereocenters. The van der Waals surface area contributed by atoms with Crippen LogP contribution in [0.15, 0.2) is 39.9 Å². The maximum atomic E-state index is 12.3. The van der Waals surface area contributed by atoms with Gasteiger partial charge in [0.05, 0.1) is 11.5 Å². The lowest BCUT2D eigenvalue weighted by atomic mass is 10.1. The first kappa shape index (κ1) is 15.2. The van der Waals surface area contributed by atoms with Crippen molar-refractivity contribution in [2.24, 2.45) is 0 Å². The van der Waals surface area contributed by atoms with E-state index in [1.807, 2.05) is 23.8 Å². The average molecular weight is 311 g/mol. The average Bonchev–Trinajstić information content (AvgIpc) is 2.92.